The average Bonchev–Trinajstić information content (AvgIpc) is 2.71. The molecule has 0 aliphatic heterocycles. The maximum atomic E-state index is 10.4. The van der Waals surface area contributed by atoms with Gasteiger partial charge in [-0.25, -0.2) is 0 Å². The fourth-order valence-electron chi connectivity index (χ4n) is 1.17. The van der Waals surface area contributed by atoms with Crippen molar-refractivity contribution in [2.75, 3.05) is 0 Å². The normalized spacial score (nSPS) is 9.85. The second-order valence-electron chi connectivity index (χ2n) is 2.72. The van der Waals surface area contributed by atoms with Crippen molar-refractivity contribution >= 4 is 6.29 Å². The Bertz CT molecular complexity index is 385. The largest absolute Gasteiger partial charge is 0.464 e. The van der Waals surface area contributed by atoms with Gasteiger partial charge in [-0.15, -0.1) is 0 Å². The fourth-order valence-corrected chi connectivity index (χ4v) is 1.17. The van der Waals surface area contributed by atoms with Gasteiger partial charge in [-0.1, -0.05) is 24.3 Å². The van der Waals surface area contributed by atoms with Crippen molar-refractivity contribution in [2.24, 2.45) is 0 Å². The fraction of sp³-hybridized carbons (Fsp3) is 0. The number of carbonyl (C=O) groups is 1. The van der Waals surface area contributed by atoms with E-state index in [9.17, 15) is 4.79 Å². The Morgan fingerprint density at radius 1 is 1.08 bits per heavy atom. The highest BCUT2D eigenvalue weighted by atomic mass is 16.3. The van der Waals surface area contributed by atoms with Gasteiger partial charge in [0.2, 0.25) is 0 Å². The van der Waals surface area contributed by atoms with E-state index in [2.05, 4.69) is 0 Å². The van der Waals surface area contributed by atoms with Crippen molar-refractivity contribution in [3.63, 3.8) is 0 Å². The summed E-state index contributed by atoms with van der Waals surface area (Å²) in [6.07, 6.45) is 2.45. The van der Waals surface area contributed by atoms with Crippen LogP contribution in [0.5, 0.6) is 0 Å². The molecule has 0 aliphatic rings. The van der Waals surface area contributed by atoms with Crippen LogP contribution in [0.4, 0.5) is 0 Å². The SMILES string of the molecule is O=Cc1ccc(-c2ccco2)cc1. The Hall–Kier alpha value is -1.83. The highest BCUT2D eigenvalue weighted by Crippen LogP contribution is 2.19. The number of furan rings is 1. The molecule has 0 radical (unpaired) electrons. The summed E-state index contributed by atoms with van der Waals surface area (Å²) < 4.78 is 5.20. The summed E-state index contributed by atoms with van der Waals surface area (Å²) in [5.74, 6) is 0.817. The Morgan fingerprint density at radius 3 is 2.38 bits per heavy atom. The molecule has 2 aromatic rings. The highest BCUT2D eigenvalue weighted by molar-refractivity contribution is 5.76. The maximum Gasteiger partial charge on any atom is 0.150 e. The molecule has 1 aromatic carbocycles. The van der Waals surface area contributed by atoms with Crippen LogP contribution in [0.1, 0.15) is 10.4 Å². The third-order valence-electron chi connectivity index (χ3n) is 1.85. The van der Waals surface area contributed by atoms with Crippen molar-refractivity contribution in [3.8, 4) is 11.3 Å². The van der Waals surface area contributed by atoms with Gasteiger partial charge >= 0.3 is 0 Å². The molecule has 64 valence electrons. The van der Waals surface area contributed by atoms with E-state index in [4.69, 9.17) is 4.42 Å². The molecule has 0 amide bonds. The standard InChI is InChI=1S/C11H8O2/c12-8-9-3-5-10(6-4-9)11-2-1-7-13-11/h1-8H. The molecule has 0 atom stereocenters. The molecule has 0 unspecified atom stereocenters. The van der Waals surface area contributed by atoms with Crippen LogP contribution in [0.15, 0.2) is 47.1 Å². The zero-order valence-corrected chi connectivity index (χ0v) is 6.94. The lowest BCUT2D eigenvalue weighted by Crippen LogP contribution is -1.78. The zero-order chi connectivity index (χ0) is 9.10. The first-order chi connectivity index (χ1) is 6.40. The maximum absolute atomic E-state index is 10.4. The first-order valence-electron chi connectivity index (χ1n) is 3.99. The molecule has 13 heavy (non-hydrogen) atoms. The molecule has 2 nitrogen and oxygen atoms in total. The van der Waals surface area contributed by atoms with Crippen LogP contribution in [0, 0.1) is 0 Å². The second kappa shape index (κ2) is 3.27. The van der Waals surface area contributed by atoms with Crippen LogP contribution in [0.2, 0.25) is 0 Å². The van der Waals surface area contributed by atoms with E-state index < -0.39 is 0 Å². The Kier molecular flexibility index (Phi) is 1.96. The number of rotatable bonds is 2. The minimum absolute atomic E-state index is 0.676. The molecule has 0 saturated carbocycles. The number of hydrogen-bond donors (Lipinski definition) is 0. The third-order valence-corrected chi connectivity index (χ3v) is 1.85. The van der Waals surface area contributed by atoms with Crippen molar-refractivity contribution in [1.29, 1.82) is 0 Å². The summed E-state index contributed by atoms with van der Waals surface area (Å²) >= 11 is 0. The van der Waals surface area contributed by atoms with Crippen molar-refractivity contribution < 1.29 is 9.21 Å². The monoisotopic (exact) mass is 172 g/mol. The smallest absolute Gasteiger partial charge is 0.150 e. The van der Waals surface area contributed by atoms with Crippen LogP contribution in [-0.2, 0) is 0 Å². The van der Waals surface area contributed by atoms with Gasteiger partial charge in [-0.3, -0.25) is 4.79 Å². The number of benzene rings is 1. The van der Waals surface area contributed by atoms with Crippen LogP contribution in [0.25, 0.3) is 11.3 Å². The zero-order valence-electron chi connectivity index (χ0n) is 6.94. The van der Waals surface area contributed by atoms with E-state index in [-0.39, 0.29) is 0 Å². The predicted octanol–water partition coefficient (Wildman–Crippen LogP) is 2.76. The minimum Gasteiger partial charge on any atom is -0.464 e. The Labute approximate surface area is 75.8 Å². The van der Waals surface area contributed by atoms with Gasteiger partial charge in [0.05, 0.1) is 6.26 Å². The lowest BCUT2D eigenvalue weighted by atomic mass is 10.1. The van der Waals surface area contributed by atoms with E-state index in [1.165, 1.54) is 0 Å². The van der Waals surface area contributed by atoms with E-state index >= 15 is 0 Å². The molecule has 0 N–H and O–H groups in total. The van der Waals surface area contributed by atoms with Crippen LogP contribution < -0.4 is 0 Å². The Balaban J connectivity index is 2.38. The molecule has 0 spiro atoms. The molecule has 0 aliphatic carbocycles. The van der Waals surface area contributed by atoms with Gasteiger partial charge in [0.25, 0.3) is 0 Å². The van der Waals surface area contributed by atoms with Crippen LogP contribution >= 0.6 is 0 Å². The average molecular weight is 172 g/mol. The minimum atomic E-state index is 0.676. The molecule has 0 saturated heterocycles. The lowest BCUT2D eigenvalue weighted by molar-refractivity contribution is 0.112. The van der Waals surface area contributed by atoms with Crippen molar-refractivity contribution in [1.82, 2.24) is 0 Å². The molecule has 1 aromatic heterocycles. The summed E-state index contributed by atoms with van der Waals surface area (Å²) in [5, 5.41) is 0. The van der Waals surface area contributed by atoms with Gasteiger partial charge in [0, 0.05) is 11.1 Å². The second-order valence-corrected chi connectivity index (χ2v) is 2.72. The summed E-state index contributed by atoms with van der Waals surface area (Å²) in [5.41, 5.74) is 1.66. The summed E-state index contributed by atoms with van der Waals surface area (Å²) in [4.78, 5) is 10.4. The molecule has 0 fully saturated rings. The van der Waals surface area contributed by atoms with E-state index in [0.29, 0.717) is 5.56 Å². The first kappa shape index (κ1) is 7.80. The highest BCUT2D eigenvalue weighted by Gasteiger charge is 1.98. The number of hydrogen-bond acceptors (Lipinski definition) is 2. The molecular formula is C11H8O2. The molecule has 2 heteroatoms. The van der Waals surface area contributed by atoms with Crippen LogP contribution in [-0.4, -0.2) is 6.29 Å². The molecule has 0 bridgehead atoms. The van der Waals surface area contributed by atoms with Crippen LogP contribution in [0.3, 0.4) is 0 Å². The van der Waals surface area contributed by atoms with E-state index in [1.54, 1.807) is 18.4 Å². The summed E-state index contributed by atoms with van der Waals surface area (Å²) in [6.45, 7) is 0. The quantitative estimate of drug-likeness (QED) is 0.652. The number of aldehydes is 1. The third kappa shape index (κ3) is 1.51. The van der Waals surface area contributed by atoms with Gasteiger partial charge in [0.1, 0.15) is 12.0 Å². The van der Waals surface area contributed by atoms with Crippen molar-refractivity contribution in [2.45, 2.75) is 0 Å². The molecular weight excluding hydrogens is 164 g/mol. The van der Waals surface area contributed by atoms with E-state index in [1.807, 2.05) is 24.3 Å². The van der Waals surface area contributed by atoms with Gasteiger partial charge < -0.3 is 4.42 Å². The lowest BCUT2D eigenvalue weighted by Gasteiger charge is -1.95. The predicted molar refractivity (Wildman–Crippen MR) is 49.5 cm³/mol. The van der Waals surface area contributed by atoms with Gasteiger partial charge in [0.15, 0.2) is 0 Å². The Morgan fingerprint density at radius 2 is 1.85 bits per heavy atom. The first-order valence-corrected chi connectivity index (χ1v) is 3.99. The van der Waals surface area contributed by atoms with E-state index in [0.717, 1.165) is 17.6 Å². The summed E-state index contributed by atoms with van der Waals surface area (Å²) in [7, 11) is 0. The topological polar surface area (TPSA) is 30.2 Å². The number of carbonyl (C=O) groups excluding carboxylic acids is 1. The van der Waals surface area contributed by atoms with Gasteiger partial charge in [-0.2, -0.15) is 0 Å². The van der Waals surface area contributed by atoms with Crippen molar-refractivity contribution in [3.05, 3.63) is 48.2 Å². The molecule has 2 rings (SSSR count). The van der Waals surface area contributed by atoms with Gasteiger partial charge in [-0.05, 0) is 12.1 Å². The summed E-state index contributed by atoms with van der Waals surface area (Å²) in [6, 6.07) is 11.0. The molecule has 1 heterocycles.